The van der Waals surface area contributed by atoms with Crippen LogP contribution in [-0.4, -0.2) is 27.4 Å². The molecule has 1 heterocycles. The highest BCUT2D eigenvalue weighted by Gasteiger charge is 2.28. The number of hydrogen-bond donors (Lipinski definition) is 0. The van der Waals surface area contributed by atoms with Gasteiger partial charge in [0.2, 0.25) is 5.91 Å². The second-order valence-corrected chi connectivity index (χ2v) is 7.76. The lowest BCUT2D eigenvalue weighted by Crippen LogP contribution is -2.29. The first-order valence-electron chi connectivity index (χ1n) is 9.51. The number of para-hydroxylation sites is 1. The smallest absolute Gasteiger partial charge is 0.261 e. The number of aromatic nitrogens is 2. The monoisotopic (exact) mass is 395 g/mol. The van der Waals surface area contributed by atoms with E-state index in [1.807, 2.05) is 48.5 Å². The van der Waals surface area contributed by atoms with Gasteiger partial charge in [0.15, 0.2) is 0 Å². The van der Waals surface area contributed by atoms with Crippen LogP contribution in [0, 0.1) is 0 Å². The molecule has 1 aliphatic carbocycles. The van der Waals surface area contributed by atoms with Gasteiger partial charge < -0.3 is 4.90 Å². The highest BCUT2D eigenvalue weighted by Crippen LogP contribution is 2.34. The number of fused-ring (bicyclic) bond motifs is 1. The summed E-state index contributed by atoms with van der Waals surface area (Å²) in [6.45, 7) is 0.524. The fourth-order valence-electron chi connectivity index (χ4n) is 3.44. The van der Waals surface area contributed by atoms with Crippen LogP contribution in [0.2, 0.25) is 5.02 Å². The first-order chi connectivity index (χ1) is 13.5. The molecule has 0 bridgehead atoms. The second kappa shape index (κ2) is 7.76. The van der Waals surface area contributed by atoms with Gasteiger partial charge >= 0.3 is 0 Å². The molecule has 0 unspecified atom stereocenters. The Bertz CT molecular complexity index is 1070. The van der Waals surface area contributed by atoms with Crippen molar-refractivity contribution in [3.05, 3.63) is 75.3 Å². The molecule has 0 N–H and O–H groups in total. The number of amides is 1. The van der Waals surface area contributed by atoms with Crippen molar-refractivity contribution < 1.29 is 4.79 Å². The van der Waals surface area contributed by atoms with Crippen LogP contribution in [0.3, 0.4) is 0 Å². The molecule has 1 saturated carbocycles. The summed E-state index contributed by atoms with van der Waals surface area (Å²) in [5.41, 5.74) is 1.73. The van der Waals surface area contributed by atoms with Crippen LogP contribution in [0.4, 0.5) is 0 Å². The van der Waals surface area contributed by atoms with Gasteiger partial charge in [0, 0.05) is 37.5 Å². The van der Waals surface area contributed by atoms with Crippen LogP contribution < -0.4 is 5.56 Å². The van der Waals surface area contributed by atoms with E-state index in [9.17, 15) is 9.59 Å². The number of rotatable bonds is 6. The first-order valence-corrected chi connectivity index (χ1v) is 9.89. The molecule has 2 aromatic carbocycles. The molecule has 1 amide bonds. The highest BCUT2D eigenvalue weighted by atomic mass is 35.5. The van der Waals surface area contributed by atoms with Gasteiger partial charge in [-0.1, -0.05) is 35.9 Å². The molecule has 144 valence electrons. The number of halogens is 1. The Morgan fingerprint density at radius 3 is 2.61 bits per heavy atom. The average molecular weight is 396 g/mol. The lowest BCUT2D eigenvalue weighted by Gasteiger charge is -2.18. The third-order valence-corrected chi connectivity index (χ3v) is 5.37. The van der Waals surface area contributed by atoms with E-state index >= 15 is 0 Å². The summed E-state index contributed by atoms with van der Waals surface area (Å²) in [6, 6.07) is 15.1. The van der Waals surface area contributed by atoms with Crippen molar-refractivity contribution in [3.63, 3.8) is 0 Å². The zero-order valence-electron chi connectivity index (χ0n) is 15.8. The third-order valence-electron chi connectivity index (χ3n) is 5.11. The van der Waals surface area contributed by atoms with Crippen molar-refractivity contribution in [3.8, 4) is 0 Å². The summed E-state index contributed by atoms with van der Waals surface area (Å²) in [5, 5.41) is 1.32. The molecule has 1 fully saturated rings. The van der Waals surface area contributed by atoms with Crippen LogP contribution in [0.25, 0.3) is 10.9 Å². The summed E-state index contributed by atoms with van der Waals surface area (Å²) in [6.07, 6.45) is 2.77. The molecule has 1 aromatic heterocycles. The summed E-state index contributed by atoms with van der Waals surface area (Å²) >= 11 is 5.91. The van der Waals surface area contributed by atoms with Crippen molar-refractivity contribution in [1.82, 2.24) is 14.5 Å². The minimum absolute atomic E-state index is 0.00469. The minimum Gasteiger partial charge on any atom is -0.341 e. The average Bonchev–Trinajstić information content (AvgIpc) is 3.53. The number of hydrogen-bond acceptors (Lipinski definition) is 3. The van der Waals surface area contributed by atoms with Crippen molar-refractivity contribution >= 4 is 28.4 Å². The van der Waals surface area contributed by atoms with E-state index in [0.29, 0.717) is 41.1 Å². The Balaban J connectivity index is 1.50. The SMILES string of the molecule is CN(Cc1ccc(Cl)cc1)C(=O)CCc1nc2ccccc2c(=O)n1C1CC1. The molecule has 6 heteroatoms. The van der Waals surface area contributed by atoms with Crippen LogP contribution >= 0.6 is 11.6 Å². The third kappa shape index (κ3) is 3.94. The molecule has 5 nitrogen and oxygen atoms in total. The van der Waals surface area contributed by atoms with E-state index < -0.39 is 0 Å². The van der Waals surface area contributed by atoms with E-state index in [1.165, 1.54) is 0 Å². The van der Waals surface area contributed by atoms with Gasteiger partial charge in [0.1, 0.15) is 5.82 Å². The van der Waals surface area contributed by atoms with Gasteiger partial charge in [0.25, 0.3) is 5.56 Å². The van der Waals surface area contributed by atoms with Crippen molar-refractivity contribution in [2.45, 2.75) is 38.3 Å². The molecule has 0 spiro atoms. The molecule has 0 aliphatic heterocycles. The summed E-state index contributed by atoms with van der Waals surface area (Å²) in [7, 11) is 1.79. The van der Waals surface area contributed by atoms with Gasteiger partial charge in [-0.05, 0) is 42.7 Å². The standard InChI is InChI=1S/C22H22ClN3O2/c1-25(14-15-6-8-16(23)9-7-15)21(27)13-12-20-24-19-5-3-2-4-18(19)22(28)26(20)17-10-11-17/h2-9,17H,10-14H2,1H3. The van der Waals surface area contributed by atoms with E-state index in [1.54, 1.807) is 16.5 Å². The summed E-state index contributed by atoms with van der Waals surface area (Å²) in [5.74, 6) is 0.735. The van der Waals surface area contributed by atoms with Crippen LogP contribution in [-0.2, 0) is 17.8 Å². The molecule has 0 atom stereocenters. The second-order valence-electron chi connectivity index (χ2n) is 7.33. The van der Waals surface area contributed by atoms with Crippen LogP contribution in [0.1, 0.15) is 36.7 Å². The minimum atomic E-state index is 0.00469. The predicted molar refractivity (Wildman–Crippen MR) is 111 cm³/mol. The van der Waals surface area contributed by atoms with Gasteiger partial charge in [-0.25, -0.2) is 4.98 Å². The maximum Gasteiger partial charge on any atom is 0.261 e. The predicted octanol–water partition coefficient (Wildman–Crippen LogP) is 3.98. The largest absolute Gasteiger partial charge is 0.341 e. The van der Waals surface area contributed by atoms with Gasteiger partial charge in [-0.15, -0.1) is 0 Å². The summed E-state index contributed by atoms with van der Waals surface area (Å²) < 4.78 is 1.80. The molecule has 4 rings (SSSR count). The Labute approximate surface area is 168 Å². The lowest BCUT2D eigenvalue weighted by molar-refractivity contribution is -0.130. The Morgan fingerprint density at radius 2 is 1.89 bits per heavy atom. The maximum atomic E-state index is 12.9. The fourth-order valence-corrected chi connectivity index (χ4v) is 3.56. The molecule has 28 heavy (non-hydrogen) atoms. The van der Waals surface area contributed by atoms with Gasteiger partial charge in [-0.2, -0.15) is 0 Å². The van der Waals surface area contributed by atoms with E-state index in [-0.39, 0.29) is 17.5 Å². The van der Waals surface area contributed by atoms with Crippen LogP contribution in [0.5, 0.6) is 0 Å². The topological polar surface area (TPSA) is 55.2 Å². The van der Waals surface area contributed by atoms with Gasteiger partial charge in [0.05, 0.1) is 10.9 Å². The van der Waals surface area contributed by atoms with E-state index in [0.717, 1.165) is 18.4 Å². The zero-order chi connectivity index (χ0) is 19.7. The first kappa shape index (κ1) is 18.7. The number of carbonyl (C=O) groups excluding carboxylic acids is 1. The van der Waals surface area contributed by atoms with Crippen molar-refractivity contribution in [2.75, 3.05) is 7.05 Å². The molecular formula is C22H22ClN3O2. The maximum absolute atomic E-state index is 12.9. The lowest BCUT2D eigenvalue weighted by atomic mass is 10.2. The Morgan fingerprint density at radius 1 is 1.18 bits per heavy atom. The number of nitrogens with zero attached hydrogens (tertiary/aromatic N) is 3. The van der Waals surface area contributed by atoms with Crippen LogP contribution in [0.15, 0.2) is 53.3 Å². The van der Waals surface area contributed by atoms with E-state index in [4.69, 9.17) is 16.6 Å². The molecular weight excluding hydrogens is 374 g/mol. The quantitative estimate of drug-likeness (QED) is 0.634. The van der Waals surface area contributed by atoms with Crippen molar-refractivity contribution in [2.24, 2.45) is 0 Å². The summed E-state index contributed by atoms with van der Waals surface area (Å²) in [4.78, 5) is 31.9. The molecule has 0 saturated heterocycles. The number of benzene rings is 2. The fraction of sp³-hybridized carbons (Fsp3) is 0.318. The molecule has 0 radical (unpaired) electrons. The highest BCUT2D eigenvalue weighted by molar-refractivity contribution is 6.30. The van der Waals surface area contributed by atoms with E-state index in [2.05, 4.69) is 0 Å². The Hall–Kier alpha value is -2.66. The number of aryl methyl sites for hydroxylation is 1. The van der Waals surface area contributed by atoms with Crippen molar-refractivity contribution in [1.29, 1.82) is 0 Å². The molecule has 1 aliphatic rings. The number of carbonyl (C=O) groups is 1. The van der Waals surface area contributed by atoms with Gasteiger partial charge in [-0.3, -0.25) is 14.2 Å². The zero-order valence-corrected chi connectivity index (χ0v) is 16.5. The molecule has 3 aromatic rings. The normalized spacial score (nSPS) is 13.6. The Kier molecular flexibility index (Phi) is 5.18.